The van der Waals surface area contributed by atoms with Crippen molar-refractivity contribution in [1.29, 1.82) is 0 Å². The molecule has 2 heteroatoms. The molecule has 0 N–H and O–H groups in total. The van der Waals surface area contributed by atoms with Crippen molar-refractivity contribution >= 4 is 0 Å². The first-order chi connectivity index (χ1) is 12.9. The van der Waals surface area contributed by atoms with E-state index in [2.05, 4.69) is 77.1 Å². The van der Waals surface area contributed by atoms with Crippen molar-refractivity contribution in [3.05, 3.63) is 76.9 Å². The van der Waals surface area contributed by atoms with E-state index in [0.717, 1.165) is 18.6 Å². The molecule has 0 aliphatic heterocycles. The van der Waals surface area contributed by atoms with Gasteiger partial charge in [0.25, 0.3) is 0 Å². The quantitative estimate of drug-likeness (QED) is 0.338. The Balaban J connectivity index is 2.60. The predicted octanol–water partition coefficient (Wildman–Crippen LogP) is 6.69. The van der Waals surface area contributed by atoms with Gasteiger partial charge in [0, 0.05) is 13.0 Å². The summed E-state index contributed by atoms with van der Waals surface area (Å²) < 4.78 is 10.9. The smallest absolute Gasteiger partial charge is 0.119 e. The van der Waals surface area contributed by atoms with Gasteiger partial charge in [0.1, 0.15) is 5.75 Å². The first-order valence-electron chi connectivity index (χ1n) is 9.70. The van der Waals surface area contributed by atoms with E-state index in [1.165, 1.54) is 22.3 Å². The third-order valence-corrected chi connectivity index (χ3v) is 4.80. The van der Waals surface area contributed by atoms with Crippen LogP contribution in [0.25, 0.3) is 0 Å². The third kappa shape index (κ3) is 8.45. The molecule has 0 aliphatic carbocycles. The Morgan fingerprint density at radius 1 is 1.15 bits per heavy atom. The number of allylic oxidation sites excluding steroid dienone is 6. The van der Waals surface area contributed by atoms with Gasteiger partial charge in [-0.1, -0.05) is 60.6 Å². The van der Waals surface area contributed by atoms with E-state index in [4.69, 9.17) is 9.47 Å². The molecular weight excluding hydrogens is 332 g/mol. The van der Waals surface area contributed by atoms with Crippen LogP contribution >= 0.6 is 0 Å². The Bertz CT molecular complexity index is 692. The first kappa shape index (κ1) is 23.0. The summed E-state index contributed by atoms with van der Waals surface area (Å²) in [6, 6.07) is 8.24. The molecule has 0 unspecified atom stereocenters. The van der Waals surface area contributed by atoms with Crippen LogP contribution < -0.4 is 4.74 Å². The summed E-state index contributed by atoms with van der Waals surface area (Å²) in [5.41, 5.74) is 5.19. The molecule has 0 spiro atoms. The van der Waals surface area contributed by atoms with Crippen LogP contribution in [0.15, 0.2) is 71.4 Å². The Kier molecular flexibility index (Phi) is 10.5. The highest BCUT2D eigenvalue weighted by molar-refractivity contribution is 5.30. The molecule has 2 atom stereocenters. The standard InChI is InChI=1S/C25H36O2/c1-8-21(4)25(27-7)22(5)17-20(3)12-9-11-19(2)15-16-23-13-10-14-24(18-23)26-6/h8-10,12-15,17-18,22,25H,11,16H2,1-7H3/b12-9+,19-15+,20-17+,21-8+/t22-,25+/m1/s1. The van der Waals surface area contributed by atoms with E-state index in [9.17, 15) is 0 Å². The van der Waals surface area contributed by atoms with Crippen molar-refractivity contribution in [2.75, 3.05) is 14.2 Å². The van der Waals surface area contributed by atoms with Crippen LogP contribution in [-0.4, -0.2) is 20.3 Å². The maximum Gasteiger partial charge on any atom is 0.119 e. The minimum absolute atomic E-state index is 0.142. The number of ether oxygens (including phenoxy) is 2. The summed E-state index contributed by atoms with van der Waals surface area (Å²) in [4.78, 5) is 0. The molecule has 0 aliphatic rings. The van der Waals surface area contributed by atoms with Crippen molar-refractivity contribution in [3.63, 3.8) is 0 Å². The second-order valence-corrected chi connectivity index (χ2v) is 7.17. The Labute approximate surface area is 166 Å². The van der Waals surface area contributed by atoms with Gasteiger partial charge in [0.05, 0.1) is 13.2 Å². The Morgan fingerprint density at radius 2 is 1.89 bits per heavy atom. The Hall–Kier alpha value is -2.06. The monoisotopic (exact) mass is 368 g/mol. The van der Waals surface area contributed by atoms with Crippen molar-refractivity contribution in [2.45, 2.75) is 53.6 Å². The van der Waals surface area contributed by atoms with Crippen LogP contribution in [0.4, 0.5) is 0 Å². The molecule has 2 nitrogen and oxygen atoms in total. The van der Waals surface area contributed by atoms with Gasteiger partial charge < -0.3 is 9.47 Å². The maximum absolute atomic E-state index is 5.64. The van der Waals surface area contributed by atoms with E-state index in [1.807, 2.05) is 12.1 Å². The molecular formula is C25H36O2. The largest absolute Gasteiger partial charge is 0.497 e. The van der Waals surface area contributed by atoms with Crippen molar-refractivity contribution in [3.8, 4) is 5.75 Å². The number of hydrogen-bond acceptors (Lipinski definition) is 2. The second kappa shape index (κ2) is 12.3. The molecule has 0 amide bonds. The summed E-state index contributed by atoms with van der Waals surface area (Å²) in [5, 5.41) is 0. The van der Waals surface area contributed by atoms with E-state index >= 15 is 0 Å². The number of rotatable bonds is 10. The van der Waals surface area contributed by atoms with Gasteiger partial charge in [0.15, 0.2) is 0 Å². The summed E-state index contributed by atoms with van der Waals surface area (Å²) in [5.74, 6) is 1.26. The third-order valence-electron chi connectivity index (χ3n) is 4.80. The fraction of sp³-hybridized carbons (Fsp3) is 0.440. The zero-order chi connectivity index (χ0) is 20.2. The highest BCUT2D eigenvalue weighted by atomic mass is 16.5. The summed E-state index contributed by atoms with van der Waals surface area (Å²) in [6.07, 6.45) is 13.2. The minimum Gasteiger partial charge on any atom is -0.497 e. The lowest BCUT2D eigenvalue weighted by Crippen LogP contribution is -2.20. The zero-order valence-electron chi connectivity index (χ0n) is 18.1. The fourth-order valence-electron chi connectivity index (χ4n) is 3.14. The van der Waals surface area contributed by atoms with Crippen LogP contribution in [0.5, 0.6) is 5.75 Å². The molecule has 1 aromatic carbocycles. The predicted molar refractivity (Wildman–Crippen MR) is 117 cm³/mol. The van der Waals surface area contributed by atoms with Crippen LogP contribution in [-0.2, 0) is 11.2 Å². The zero-order valence-corrected chi connectivity index (χ0v) is 18.1. The average Bonchev–Trinajstić information content (AvgIpc) is 2.66. The molecule has 27 heavy (non-hydrogen) atoms. The molecule has 0 saturated carbocycles. The van der Waals surface area contributed by atoms with Gasteiger partial charge in [-0.2, -0.15) is 0 Å². The maximum atomic E-state index is 5.64. The van der Waals surface area contributed by atoms with E-state index in [0.29, 0.717) is 5.92 Å². The lowest BCUT2D eigenvalue weighted by Gasteiger charge is -2.21. The molecule has 0 heterocycles. The van der Waals surface area contributed by atoms with E-state index in [1.54, 1.807) is 14.2 Å². The van der Waals surface area contributed by atoms with Crippen molar-refractivity contribution in [1.82, 2.24) is 0 Å². The van der Waals surface area contributed by atoms with Gasteiger partial charge >= 0.3 is 0 Å². The van der Waals surface area contributed by atoms with Crippen LogP contribution in [0.2, 0.25) is 0 Å². The van der Waals surface area contributed by atoms with E-state index < -0.39 is 0 Å². The molecule has 148 valence electrons. The lowest BCUT2D eigenvalue weighted by atomic mass is 9.95. The number of benzene rings is 1. The average molecular weight is 369 g/mol. The topological polar surface area (TPSA) is 18.5 Å². The molecule has 0 aromatic heterocycles. The van der Waals surface area contributed by atoms with Gasteiger partial charge in [0.2, 0.25) is 0 Å². The van der Waals surface area contributed by atoms with Crippen molar-refractivity contribution < 1.29 is 9.47 Å². The van der Waals surface area contributed by atoms with Crippen LogP contribution in [0.1, 0.15) is 46.6 Å². The molecule has 0 fully saturated rings. The molecule has 1 aromatic rings. The van der Waals surface area contributed by atoms with Gasteiger partial charge in [-0.3, -0.25) is 0 Å². The molecule has 0 saturated heterocycles. The van der Waals surface area contributed by atoms with Gasteiger partial charge in [-0.05, 0) is 63.8 Å². The van der Waals surface area contributed by atoms with Crippen LogP contribution in [0.3, 0.4) is 0 Å². The molecule has 0 radical (unpaired) electrons. The summed E-state index contributed by atoms with van der Waals surface area (Å²) in [7, 11) is 3.49. The highest BCUT2D eigenvalue weighted by Crippen LogP contribution is 2.19. The van der Waals surface area contributed by atoms with Crippen LogP contribution in [0, 0.1) is 5.92 Å². The van der Waals surface area contributed by atoms with E-state index in [-0.39, 0.29) is 6.10 Å². The van der Waals surface area contributed by atoms with Crippen molar-refractivity contribution in [2.24, 2.45) is 5.92 Å². The summed E-state index contributed by atoms with van der Waals surface area (Å²) in [6.45, 7) is 10.7. The number of methoxy groups -OCH3 is 2. The lowest BCUT2D eigenvalue weighted by molar-refractivity contribution is 0.103. The normalized spacial score (nSPS) is 15.9. The van der Waals surface area contributed by atoms with Gasteiger partial charge in [-0.15, -0.1) is 0 Å². The molecule has 0 bridgehead atoms. The number of hydrogen-bond donors (Lipinski definition) is 0. The summed E-state index contributed by atoms with van der Waals surface area (Å²) >= 11 is 0. The highest BCUT2D eigenvalue weighted by Gasteiger charge is 2.15. The van der Waals surface area contributed by atoms with Gasteiger partial charge in [-0.25, -0.2) is 0 Å². The SMILES string of the molecule is C/C=C(\C)[C@H](OC)[C@H](C)/C=C(C)/C=C/C/C(C)=C/Cc1cccc(OC)c1. The second-order valence-electron chi connectivity index (χ2n) is 7.17. The fourth-order valence-corrected chi connectivity index (χ4v) is 3.14. The Morgan fingerprint density at radius 3 is 2.52 bits per heavy atom. The first-order valence-corrected chi connectivity index (χ1v) is 9.70. The molecule has 1 rings (SSSR count). The minimum atomic E-state index is 0.142.